The quantitative estimate of drug-likeness (QED) is 0.229. The molecule has 11 nitrogen and oxygen atoms in total. The van der Waals surface area contributed by atoms with Crippen molar-refractivity contribution in [1.29, 1.82) is 0 Å². The predicted molar refractivity (Wildman–Crippen MR) is 206 cm³/mol. The van der Waals surface area contributed by atoms with Gasteiger partial charge in [0.1, 0.15) is 29.1 Å². The Morgan fingerprint density at radius 2 is 1.57 bits per heavy atom. The molecule has 3 amide bonds. The number of carbonyl (C=O) groups excluding carboxylic acids is 3. The van der Waals surface area contributed by atoms with E-state index in [2.05, 4.69) is 30.3 Å². The molecule has 1 aromatic heterocycles. The molecule has 4 aromatic rings. The first-order valence-corrected chi connectivity index (χ1v) is 18.8. The number of aromatic hydroxyl groups is 1. The van der Waals surface area contributed by atoms with Gasteiger partial charge < -0.3 is 25.0 Å². The summed E-state index contributed by atoms with van der Waals surface area (Å²) < 4.78 is 19.4. The van der Waals surface area contributed by atoms with E-state index in [4.69, 9.17) is 9.84 Å². The monoisotopic (exact) mass is 736 g/mol. The SMILES string of the molecule is O=C1CCC(NC(=O)c2ccc(N3CCN(CC4CCN(c5ccccc5F)CC4)CC3)cn2)C(=O)N1.Oc1ccc2c(c1)OCCC2.c1ccccc1. The Kier molecular flexibility index (Phi) is 13.5. The number of phenolic OH excluding ortho intramolecular Hbond substituents is 1. The Morgan fingerprint density at radius 3 is 2.24 bits per heavy atom. The lowest BCUT2D eigenvalue weighted by Crippen LogP contribution is -2.52. The molecule has 0 radical (unpaired) electrons. The van der Waals surface area contributed by atoms with E-state index in [1.165, 1.54) is 11.6 Å². The van der Waals surface area contributed by atoms with Crippen LogP contribution in [0.5, 0.6) is 11.5 Å². The number of piperidine rings is 2. The summed E-state index contributed by atoms with van der Waals surface area (Å²) in [5.74, 6) is 0.389. The number of hydrogen-bond donors (Lipinski definition) is 3. The van der Waals surface area contributed by atoms with Crippen molar-refractivity contribution in [3.05, 3.63) is 114 Å². The maximum absolute atomic E-state index is 14.1. The third-order valence-corrected chi connectivity index (χ3v) is 10.2. The minimum Gasteiger partial charge on any atom is -0.508 e. The first-order chi connectivity index (χ1) is 26.3. The molecule has 1 atom stereocenters. The van der Waals surface area contributed by atoms with Crippen LogP contribution in [0.3, 0.4) is 0 Å². The van der Waals surface area contributed by atoms with Crippen LogP contribution in [0.1, 0.15) is 48.2 Å². The zero-order valence-electron chi connectivity index (χ0n) is 30.5. The molecule has 5 heterocycles. The highest BCUT2D eigenvalue weighted by Crippen LogP contribution is 2.28. The van der Waals surface area contributed by atoms with Crippen molar-refractivity contribution in [3.8, 4) is 11.5 Å². The highest BCUT2D eigenvalue weighted by molar-refractivity contribution is 6.03. The number of hydrogen-bond acceptors (Lipinski definition) is 9. The molecule has 3 saturated heterocycles. The minimum absolute atomic E-state index is 0.144. The summed E-state index contributed by atoms with van der Waals surface area (Å²) in [6, 6.07) is 27.2. The number of para-hydroxylation sites is 1. The zero-order chi connectivity index (χ0) is 37.7. The fraction of sp³-hybridized carbons (Fsp3) is 0.381. The highest BCUT2D eigenvalue weighted by Gasteiger charge is 2.29. The molecule has 3 N–H and O–H groups in total. The van der Waals surface area contributed by atoms with Gasteiger partial charge in [0.05, 0.1) is 24.2 Å². The van der Waals surface area contributed by atoms with E-state index in [1.807, 2.05) is 60.7 Å². The van der Waals surface area contributed by atoms with Crippen LogP contribution in [0.25, 0.3) is 0 Å². The Bertz CT molecular complexity index is 1800. The molecule has 12 heteroatoms. The fourth-order valence-electron chi connectivity index (χ4n) is 7.10. The zero-order valence-corrected chi connectivity index (χ0v) is 30.5. The summed E-state index contributed by atoms with van der Waals surface area (Å²) in [7, 11) is 0. The molecule has 0 spiro atoms. The number of aromatic nitrogens is 1. The fourth-order valence-corrected chi connectivity index (χ4v) is 7.10. The Balaban J connectivity index is 0.000000237. The first-order valence-electron chi connectivity index (χ1n) is 18.8. The molecule has 3 aromatic carbocycles. The number of nitrogens with one attached hydrogen (secondary N) is 2. The lowest BCUT2D eigenvalue weighted by Gasteiger charge is -2.40. The molecule has 54 heavy (non-hydrogen) atoms. The van der Waals surface area contributed by atoms with Gasteiger partial charge in [-0.05, 0) is 73.9 Å². The Hall–Kier alpha value is -5.49. The predicted octanol–water partition coefficient (Wildman–Crippen LogP) is 5.20. The second-order valence-corrected chi connectivity index (χ2v) is 13.9. The number of anilines is 2. The van der Waals surface area contributed by atoms with Crippen LogP contribution < -0.4 is 25.2 Å². The second-order valence-electron chi connectivity index (χ2n) is 13.9. The average Bonchev–Trinajstić information content (AvgIpc) is 3.21. The number of halogens is 1. The van der Waals surface area contributed by atoms with Crippen LogP contribution in [0.2, 0.25) is 0 Å². The molecule has 284 valence electrons. The number of ether oxygens (including phenoxy) is 1. The van der Waals surface area contributed by atoms with Crippen molar-refractivity contribution in [2.45, 2.75) is 44.6 Å². The van der Waals surface area contributed by atoms with E-state index >= 15 is 0 Å². The summed E-state index contributed by atoms with van der Waals surface area (Å²) in [5, 5.41) is 14.0. The van der Waals surface area contributed by atoms with E-state index < -0.39 is 17.9 Å². The van der Waals surface area contributed by atoms with Gasteiger partial charge in [-0.1, -0.05) is 54.6 Å². The van der Waals surface area contributed by atoms with Crippen molar-refractivity contribution in [3.63, 3.8) is 0 Å². The summed E-state index contributed by atoms with van der Waals surface area (Å²) in [6.07, 6.45) is 6.49. The molecule has 1 unspecified atom stereocenters. The molecule has 0 aliphatic carbocycles. The molecule has 3 fully saturated rings. The number of aryl methyl sites for hydroxylation is 1. The van der Waals surface area contributed by atoms with Gasteiger partial charge in [0, 0.05) is 58.3 Å². The summed E-state index contributed by atoms with van der Waals surface area (Å²) in [6.45, 7) is 7.32. The second kappa shape index (κ2) is 19.0. The highest BCUT2D eigenvalue weighted by atomic mass is 19.1. The number of benzene rings is 3. The van der Waals surface area contributed by atoms with Crippen molar-refractivity contribution >= 4 is 29.1 Å². The molecule has 8 rings (SSSR count). The van der Waals surface area contributed by atoms with E-state index in [9.17, 15) is 18.8 Å². The Labute approximate surface area is 316 Å². The number of rotatable bonds is 6. The van der Waals surface area contributed by atoms with Crippen molar-refractivity contribution in [1.82, 2.24) is 20.5 Å². The first kappa shape index (κ1) is 38.2. The molecule has 4 aliphatic rings. The van der Waals surface area contributed by atoms with Crippen LogP contribution in [0.4, 0.5) is 15.8 Å². The van der Waals surface area contributed by atoms with Gasteiger partial charge in [-0.3, -0.25) is 24.6 Å². The topological polar surface area (TPSA) is 127 Å². The van der Waals surface area contributed by atoms with E-state index in [0.29, 0.717) is 18.0 Å². The van der Waals surface area contributed by atoms with Gasteiger partial charge in [0.2, 0.25) is 11.8 Å². The number of piperazine rings is 1. The smallest absolute Gasteiger partial charge is 0.270 e. The van der Waals surface area contributed by atoms with Crippen LogP contribution in [-0.2, 0) is 16.0 Å². The number of carbonyl (C=O) groups is 3. The lowest BCUT2D eigenvalue weighted by atomic mass is 9.95. The van der Waals surface area contributed by atoms with Gasteiger partial charge in [-0.15, -0.1) is 0 Å². The van der Waals surface area contributed by atoms with E-state index in [1.54, 1.807) is 30.5 Å². The van der Waals surface area contributed by atoms with Crippen LogP contribution in [0, 0.1) is 11.7 Å². The van der Waals surface area contributed by atoms with E-state index in [0.717, 1.165) is 89.5 Å². The molecule has 0 bridgehead atoms. The van der Waals surface area contributed by atoms with Gasteiger partial charge in [0.15, 0.2) is 0 Å². The van der Waals surface area contributed by atoms with Crippen LogP contribution in [0.15, 0.2) is 97.2 Å². The van der Waals surface area contributed by atoms with Gasteiger partial charge >= 0.3 is 0 Å². The largest absolute Gasteiger partial charge is 0.508 e. The minimum atomic E-state index is -0.716. The number of phenols is 1. The van der Waals surface area contributed by atoms with Crippen molar-refractivity contribution < 1.29 is 28.6 Å². The molecular formula is C42H49FN6O5. The third-order valence-electron chi connectivity index (χ3n) is 10.2. The van der Waals surface area contributed by atoms with Crippen molar-refractivity contribution in [2.75, 3.05) is 62.2 Å². The Morgan fingerprint density at radius 1 is 0.852 bits per heavy atom. The van der Waals surface area contributed by atoms with Crippen molar-refractivity contribution in [2.24, 2.45) is 5.92 Å². The maximum Gasteiger partial charge on any atom is 0.270 e. The molecular weight excluding hydrogens is 687 g/mol. The number of fused-ring (bicyclic) bond motifs is 1. The van der Waals surface area contributed by atoms with Crippen LogP contribution in [-0.4, -0.2) is 91.2 Å². The van der Waals surface area contributed by atoms with E-state index in [-0.39, 0.29) is 29.6 Å². The summed E-state index contributed by atoms with van der Waals surface area (Å²) >= 11 is 0. The number of amides is 3. The van der Waals surface area contributed by atoms with Gasteiger partial charge in [-0.25, -0.2) is 9.37 Å². The van der Waals surface area contributed by atoms with Gasteiger partial charge in [0.25, 0.3) is 5.91 Å². The normalized spacial score (nSPS) is 18.8. The third kappa shape index (κ3) is 10.8. The maximum atomic E-state index is 14.1. The molecule has 0 saturated carbocycles. The number of imide groups is 1. The number of pyridine rings is 1. The standard InChI is InChI=1S/C27H33FN6O3.C9H10O2.C6H6/c28-21-3-1-2-4-24(21)34-11-9-19(10-12-34)18-32-13-15-33(16-14-32)20-5-6-22(29-17-20)26(36)30-23-7-8-25(35)31-27(23)37;10-8-4-3-7-2-1-5-11-9(7)6-8;1-2-4-6-5-3-1/h1-6,17,19,23H,7-16,18H2,(H,30,36)(H,31,35,37);3-4,6,10H,1-2,5H2;1-6H. The number of nitrogens with zero attached hydrogens (tertiary/aromatic N) is 4. The lowest BCUT2D eigenvalue weighted by molar-refractivity contribution is -0.134. The summed E-state index contributed by atoms with van der Waals surface area (Å²) in [4.78, 5) is 46.9. The van der Waals surface area contributed by atoms with Crippen LogP contribution >= 0.6 is 0 Å². The van der Waals surface area contributed by atoms with Gasteiger partial charge in [-0.2, -0.15) is 0 Å². The average molecular weight is 737 g/mol. The molecule has 4 aliphatic heterocycles. The summed E-state index contributed by atoms with van der Waals surface area (Å²) in [5.41, 5.74) is 3.13.